The highest BCUT2D eigenvalue weighted by molar-refractivity contribution is 6.02. The van der Waals surface area contributed by atoms with E-state index in [0.717, 1.165) is 5.56 Å². The average Bonchev–Trinajstić information content (AvgIpc) is 3.43. The maximum atomic E-state index is 12.4. The molecule has 0 aliphatic heterocycles. The number of ether oxygens (including phenoxy) is 4. The second-order valence-corrected chi connectivity index (χ2v) is 7.21. The van der Waals surface area contributed by atoms with Crippen LogP contribution in [-0.4, -0.2) is 41.8 Å². The Morgan fingerprint density at radius 3 is 2.23 bits per heavy atom. The molecule has 0 atom stereocenters. The smallest absolute Gasteiger partial charge is 0.248 e. The zero-order valence-electron chi connectivity index (χ0n) is 19.5. The number of anilines is 1. The second-order valence-electron chi connectivity index (χ2n) is 7.21. The summed E-state index contributed by atoms with van der Waals surface area (Å²) in [5.74, 6) is 2.89. The zero-order valence-corrected chi connectivity index (χ0v) is 19.5. The maximum Gasteiger partial charge on any atom is 0.248 e. The normalized spacial score (nSPS) is 10.7. The second kappa shape index (κ2) is 10.9. The van der Waals surface area contributed by atoms with E-state index in [4.69, 9.17) is 18.9 Å². The number of methoxy groups -OCH3 is 3. The standard InChI is InChI=1S/C26H24N4O5/c1-32-21-14-18(15-22(33-2)26(21)34-3)6-11-24(31)29-19-7-9-20(10-8-19)35-25-16-23(27-17-28-25)30-12-4-5-13-30/h4-17H,1-3H3,(H,29,31)/b11-6+. The van der Waals surface area contributed by atoms with Gasteiger partial charge in [-0.3, -0.25) is 4.79 Å². The molecule has 0 bridgehead atoms. The van der Waals surface area contributed by atoms with E-state index in [2.05, 4.69) is 15.3 Å². The molecule has 0 fully saturated rings. The van der Waals surface area contributed by atoms with Crippen LogP contribution in [0.3, 0.4) is 0 Å². The first-order valence-corrected chi connectivity index (χ1v) is 10.6. The molecule has 0 unspecified atom stereocenters. The van der Waals surface area contributed by atoms with Crippen molar-refractivity contribution < 1.29 is 23.7 Å². The Morgan fingerprint density at radius 1 is 0.914 bits per heavy atom. The molecule has 0 spiro atoms. The van der Waals surface area contributed by atoms with Crippen molar-refractivity contribution in [1.29, 1.82) is 0 Å². The summed E-state index contributed by atoms with van der Waals surface area (Å²) >= 11 is 0. The first kappa shape index (κ1) is 23.4. The summed E-state index contributed by atoms with van der Waals surface area (Å²) < 4.78 is 23.7. The van der Waals surface area contributed by atoms with Gasteiger partial charge in [-0.05, 0) is 60.2 Å². The van der Waals surface area contributed by atoms with Gasteiger partial charge in [0.25, 0.3) is 0 Å². The number of carbonyl (C=O) groups is 1. The van der Waals surface area contributed by atoms with Gasteiger partial charge in [-0.2, -0.15) is 0 Å². The zero-order chi connectivity index (χ0) is 24.6. The van der Waals surface area contributed by atoms with Crippen LogP contribution in [0.1, 0.15) is 5.56 Å². The number of carbonyl (C=O) groups excluding carboxylic acids is 1. The van der Waals surface area contributed by atoms with Crippen LogP contribution >= 0.6 is 0 Å². The van der Waals surface area contributed by atoms with E-state index in [1.54, 1.807) is 48.5 Å². The third-order valence-corrected chi connectivity index (χ3v) is 4.96. The Kier molecular flexibility index (Phi) is 7.27. The Hall–Kier alpha value is -4.79. The number of aromatic nitrogens is 3. The summed E-state index contributed by atoms with van der Waals surface area (Å²) in [7, 11) is 4.61. The molecule has 178 valence electrons. The minimum absolute atomic E-state index is 0.292. The number of rotatable bonds is 9. The number of hydrogen-bond donors (Lipinski definition) is 1. The topological polar surface area (TPSA) is 96.7 Å². The Balaban J connectivity index is 1.39. The van der Waals surface area contributed by atoms with E-state index in [-0.39, 0.29) is 5.91 Å². The largest absolute Gasteiger partial charge is 0.493 e. The van der Waals surface area contributed by atoms with Gasteiger partial charge >= 0.3 is 0 Å². The van der Waals surface area contributed by atoms with Gasteiger partial charge < -0.3 is 28.8 Å². The molecule has 2 aromatic carbocycles. The third-order valence-electron chi connectivity index (χ3n) is 4.96. The summed E-state index contributed by atoms with van der Waals surface area (Å²) in [6, 6.07) is 16.1. The monoisotopic (exact) mass is 472 g/mol. The van der Waals surface area contributed by atoms with Gasteiger partial charge in [0.15, 0.2) is 11.5 Å². The molecule has 2 heterocycles. The molecule has 0 radical (unpaired) electrons. The van der Waals surface area contributed by atoms with Crippen LogP contribution in [-0.2, 0) is 4.79 Å². The molecule has 9 nitrogen and oxygen atoms in total. The minimum Gasteiger partial charge on any atom is -0.493 e. The lowest BCUT2D eigenvalue weighted by atomic mass is 10.1. The molecule has 0 saturated heterocycles. The molecular weight excluding hydrogens is 448 g/mol. The number of amides is 1. The van der Waals surface area contributed by atoms with Crippen molar-refractivity contribution in [3.8, 4) is 34.7 Å². The van der Waals surface area contributed by atoms with E-state index in [1.807, 2.05) is 29.1 Å². The van der Waals surface area contributed by atoms with Crippen LogP contribution in [0.25, 0.3) is 11.9 Å². The van der Waals surface area contributed by atoms with Crippen LogP contribution in [0.5, 0.6) is 28.9 Å². The molecule has 0 aliphatic rings. The van der Waals surface area contributed by atoms with Gasteiger partial charge in [0.05, 0.1) is 21.3 Å². The van der Waals surface area contributed by atoms with Crippen molar-refractivity contribution in [1.82, 2.24) is 14.5 Å². The summed E-state index contributed by atoms with van der Waals surface area (Å²) in [6.45, 7) is 0. The van der Waals surface area contributed by atoms with E-state index < -0.39 is 0 Å². The molecule has 4 rings (SSSR count). The lowest BCUT2D eigenvalue weighted by molar-refractivity contribution is -0.111. The molecule has 0 saturated carbocycles. The maximum absolute atomic E-state index is 12.4. The fourth-order valence-electron chi connectivity index (χ4n) is 3.29. The number of nitrogens with zero attached hydrogens (tertiary/aromatic N) is 3. The number of benzene rings is 2. The predicted octanol–water partition coefficient (Wildman–Crippen LogP) is 4.74. The van der Waals surface area contributed by atoms with Gasteiger partial charge in [-0.15, -0.1) is 0 Å². The quantitative estimate of drug-likeness (QED) is 0.352. The molecule has 1 N–H and O–H groups in total. The average molecular weight is 473 g/mol. The molecular formula is C26H24N4O5. The van der Waals surface area contributed by atoms with Crippen LogP contribution in [0.2, 0.25) is 0 Å². The van der Waals surface area contributed by atoms with E-state index in [0.29, 0.717) is 40.4 Å². The fraction of sp³-hybridized carbons (Fsp3) is 0.115. The third kappa shape index (κ3) is 5.77. The van der Waals surface area contributed by atoms with Gasteiger partial charge in [-0.25, -0.2) is 9.97 Å². The Bertz CT molecular complexity index is 1290. The highest BCUT2D eigenvalue weighted by atomic mass is 16.5. The molecule has 0 aliphatic carbocycles. The van der Waals surface area contributed by atoms with Crippen molar-refractivity contribution in [2.45, 2.75) is 0 Å². The molecule has 4 aromatic rings. The van der Waals surface area contributed by atoms with Gasteiger partial charge in [0, 0.05) is 30.2 Å². The lowest BCUT2D eigenvalue weighted by Gasteiger charge is -2.12. The molecule has 9 heteroatoms. The summed E-state index contributed by atoms with van der Waals surface area (Å²) in [5, 5.41) is 2.81. The van der Waals surface area contributed by atoms with Crippen LogP contribution in [0.4, 0.5) is 5.69 Å². The van der Waals surface area contributed by atoms with Gasteiger partial charge in [0.1, 0.15) is 17.9 Å². The summed E-state index contributed by atoms with van der Waals surface area (Å²) in [5.41, 5.74) is 1.34. The van der Waals surface area contributed by atoms with Gasteiger partial charge in [0.2, 0.25) is 17.5 Å². The molecule has 2 aromatic heterocycles. The lowest BCUT2D eigenvalue weighted by Crippen LogP contribution is -2.07. The SMILES string of the molecule is COc1cc(/C=C/C(=O)Nc2ccc(Oc3cc(-n4cccc4)ncn3)cc2)cc(OC)c1OC. The summed E-state index contributed by atoms with van der Waals surface area (Å²) in [4.78, 5) is 20.8. The number of nitrogens with one attached hydrogen (secondary N) is 1. The van der Waals surface area contributed by atoms with Crippen LogP contribution in [0.15, 0.2) is 79.4 Å². The minimum atomic E-state index is -0.292. The first-order chi connectivity index (χ1) is 17.1. The molecule has 35 heavy (non-hydrogen) atoms. The van der Waals surface area contributed by atoms with Crippen molar-refractivity contribution in [3.63, 3.8) is 0 Å². The first-order valence-electron chi connectivity index (χ1n) is 10.6. The van der Waals surface area contributed by atoms with Crippen LogP contribution < -0.4 is 24.3 Å². The van der Waals surface area contributed by atoms with Crippen LogP contribution in [0, 0.1) is 0 Å². The van der Waals surface area contributed by atoms with Crippen molar-refractivity contribution in [2.75, 3.05) is 26.6 Å². The molecule has 1 amide bonds. The highest BCUT2D eigenvalue weighted by Crippen LogP contribution is 2.38. The van der Waals surface area contributed by atoms with Crippen molar-refractivity contribution in [2.24, 2.45) is 0 Å². The summed E-state index contributed by atoms with van der Waals surface area (Å²) in [6.07, 6.45) is 8.31. The van der Waals surface area contributed by atoms with Crippen molar-refractivity contribution >= 4 is 17.7 Å². The number of hydrogen-bond acceptors (Lipinski definition) is 7. The Labute approximate surface area is 202 Å². The fourth-order valence-corrected chi connectivity index (χ4v) is 3.29. The van der Waals surface area contributed by atoms with E-state index in [1.165, 1.54) is 33.7 Å². The Morgan fingerprint density at radius 2 is 1.60 bits per heavy atom. The van der Waals surface area contributed by atoms with Crippen molar-refractivity contribution in [3.05, 3.63) is 85.0 Å². The predicted molar refractivity (Wildman–Crippen MR) is 132 cm³/mol. The van der Waals surface area contributed by atoms with E-state index in [9.17, 15) is 4.79 Å². The highest BCUT2D eigenvalue weighted by Gasteiger charge is 2.12. The van der Waals surface area contributed by atoms with E-state index >= 15 is 0 Å². The van der Waals surface area contributed by atoms with Gasteiger partial charge in [-0.1, -0.05) is 0 Å².